The second-order valence-corrected chi connectivity index (χ2v) is 5.78. The molecule has 2 aromatic rings. The highest BCUT2D eigenvalue weighted by Gasteiger charge is 2.16. The van der Waals surface area contributed by atoms with Gasteiger partial charge in [-0.2, -0.15) is 4.98 Å². The summed E-state index contributed by atoms with van der Waals surface area (Å²) in [6.45, 7) is 1.25. The summed E-state index contributed by atoms with van der Waals surface area (Å²) >= 11 is 0.260. The number of nitrogens with zero attached hydrogens (tertiary/aromatic N) is 3. The molecule has 17 heavy (non-hydrogen) atoms. The molecule has 0 amide bonds. The van der Waals surface area contributed by atoms with Crippen LogP contribution in [0.2, 0.25) is 0 Å². The number of thiazole rings is 1. The molecule has 0 aromatic carbocycles. The molecule has 1 unspecified atom stereocenters. The quantitative estimate of drug-likeness (QED) is 0.642. The van der Waals surface area contributed by atoms with Crippen molar-refractivity contribution in [1.29, 1.82) is 0 Å². The Kier molecular flexibility index (Phi) is 4.11. The Hall–Kier alpha value is -0.960. The van der Waals surface area contributed by atoms with E-state index in [1.165, 1.54) is 17.7 Å². The summed E-state index contributed by atoms with van der Waals surface area (Å²) in [5.74, 6) is 0.709. The van der Waals surface area contributed by atoms with E-state index in [-0.39, 0.29) is 0 Å². The third-order valence-electron chi connectivity index (χ3n) is 2.02. The largest absolute Gasteiger partial charge is 0.610 e. The molecular weight excluding hydrogens is 260 g/mol. The van der Waals surface area contributed by atoms with E-state index in [1.807, 2.05) is 0 Å². The van der Waals surface area contributed by atoms with Gasteiger partial charge in [0.05, 0.1) is 6.61 Å². The van der Waals surface area contributed by atoms with Crippen LogP contribution in [-0.2, 0) is 15.9 Å². The molecule has 2 aromatic heterocycles. The maximum Gasteiger partial charge on any atom is 0.304 e. The smallest absolute Gasteiger partial charge is 0.304 e. The van der Waals surface area contributed by atoms with Crippen LogP contribution in [0.4, 0.5) is 5.82 Å². The highest BCUT2D eigenvalue weighted by Crippen LogP contribution is 2.28. The average Bonchev–Trinajstić information content (AvgIpc) is 2.74. The third-order valence-corrected chi connectivity index (χ3v) is 4.40. The first-order chi connectivity index (χ1) is 8.22. The third kappa shape index (κ3) is 2.83. The standard InChI is InChI=1S/C9H12N4O2S2/c1-15-4-3-10-7-6-8(12-5-11-7)13-9(16-6)17(2)14/h5H,3-4H2,1-2H3,(H,10,11,12). The molecular formula is C9H12N4O2S2. The molecule has 0 aliphatic carbocycles. The second kappa shape index (κ2) is 5.58. The lowest BCUT2D eigenvalue weighted by atomic mass is 10.5. The zero-order valence-corrected chi connectivity index (χ0v) is 11.1. The summed E-state index contributed by atoms with van der Waals surface area (Å²) in [6.07, 6.45) is 3.04. The van der Waals surface area contributed by atoms with E-state index in [1.54, 1.807) is 13.4 Å². The molecule has 0 aliphatic heterocycles. The van der Waals surface area contributed by atoms with Crippen molar-refractivity contribution in [1.82, 2.24) is 15.0 Å². The molecule has 8 heteroatoms. The fourth-order valence-electron chi connectivity index (χ4n) is 1.26. The molecule has 2 heterocycles. The number of aromatic nitrogens is 3. The Morgan fingerprint density at radius 2 is 2.35 bits per heavy atom. The highest BCUT2D eigenvalue weighted by molar-refractivity contribution is 7.92. The van der Waals surface area contributed by atoms with Crippen LogP contribution >= 0.6 is 11.3 Å². The van der Waals surface area contributed by atoms with Crippen LogP contribution in [0, 0.1) is 0 Å². The van der Waals surface area contributed by atoms with Crippen molar-refractivity contribution in [2.45, 2.75) is 4.34 Å². The van der Waals surface area contributed by atoms with Crippen molar-refractivity contribution >= 4 is 38.7 Å². The van der Waals surface area contributed by atoms with Crippen LogP contribution in [0.1, 0.15) is 0 Å². The summed E-state index contributed by atoms with van der Waals surface area (Å²) in [5, 5.41) is 3.14. The lowest BCUT2D eigenvalue weighted by molar-refractivity contribution is 0.210. The van der Waals surface area contributed by atoms with Gasteiger partial charge >= 0.3 is 4.34 Å². The van der Waals surface area contributed by atoms with Gasteiger partial charge in [0.15, 0.2) is 5.65 Å². The van der Waals surface area contributed by atoms with Crippen molar-refractivity contribution in [2.24, 2.45) is 0 Å². The number of nitrogens with one attached hydrogen (secondary N) is 1. The summed E-state index contributed by atoms with van der Waals surface area (Å²) in [6, 6.07) is 0. The van der Waals surface area contributed by atoms with Crippen LogP contribution < -0.4 is 5.32 Å². The lowest BCUT2D eigenvalue weighted by Crippen LogP contribution is -2.08. The molecule has 1 atom stereocenters. The van der Waals surface area contributed by atoms with Gasteiger partial charge in [0.1, 0.15) is 23.1 Å². The number of hydrogen-bond acceptors (Lipinski definition) is 7. The van der Waals surface area contributed by atoms with Crippen LogP contribution in [0.15, 0.2) is 10.7 Å². The van der Waals surface area contributed by atoms with E-state index in [0.717, 1.165) is 4.70 Å². The zero-order chi connectivity index (χ0) is 12.3. The molecule has 0 saturated carbocycles. The normalized spacial score (nSPS) is 12.9. The minimum Gasteiger partial charge on any atom is -0.610 e. The fraction of sp³-hybridized carbons (Fsp3) is 0.444. The van der Waals surface area contributed by atoms with E-state index in [0.29, 0.717) is 29.0 Å². The topological polar surface area (TPSA) is 83.0 Å². The van der Waals surface area contributed by atoms with E-state index in [9.17, 15) is 4.55 Å². The first-order valence-electron chi connectivity index (χ1n) is 4.90. The number of methoxy groups -OCH3 is 1. The Balaban J connectivity index is 2.29. The van der Waals surface area contributed by atoms with Gasteiger partial charge in [-0.15, -0.1) is 0 Å². The zero-order valence-electron chi connectivity index (χ0n) is 9.47. The van der Waals surface area contributed by atoms with Gasteiger partial charge in [-0.25, -0.2) is 9.97 Å². The van der Waals surface area contributed by atoms with Gasteiger partial charge in [0.25, 0.3) is 0 Å². The average molecular weight is 272 g/mol. The summed E-state index contributed by atoms with van der Waals surface area (Å²) < 4.78 is 17.7. The molecule has 0 bridgehead atoms. The Bertz CT molecular complexity index is 503. The van der Waals surface area contributed by atoms with Gasteiger partial charge in [0, 0.05) is 24.8 Å². The SMILES string of the molecule is COCCNc1ncnc2nc([S+](C)[O-])sc12. The van der Waals surface area contributed by atoms with E-state index in [2.05, 4.69) is 20.3 Å². The lowest BCUT2D eigenvalue weighted by Gasteiger charge is -2.03. The predicted molar refractivity (Wildman–Crippen MR) is 67.9 cm³/mol. The molecule has 0 saturated heterocycles. The van der Waals surface area contributed by atoms with Crippen molar-refractivity contribution in [2.75, 3.05) is 31.8 Å². The van der Waals surface area contributed by atoms with Gasteiger partial charge in [-0.1, -0.05) is 11.3 Å². The molecule has 92 valence electrons. The Morgan fingerprint density at radius 3 is 3.06 bits per heavy atom. The van der Waals surface area contributed by atoms with E-state index in [4.69, 9.17) is 4.74 Å². The number of ether oxygens (including phenoxy) is 1. The number of anilines is 1. The van der Waals surface area contributed by atoms with Crippen molar-refractivity contribution in [3.63, 3.8) is 0 Å². The molecule has 0 aliphatic rings. The first-order valence-corrected chi connectivity index (χ1v) is 7.27. The first kappa shape index (κ1) is 12.5. The summed E-state index contributed by atoms with van der Waals surface area (Å²) in [4.78, 5) is 12.4. The summed E-state index contributed by atoms with van der Waals surface area (Å²) in [7, 11) is 1.64. The minimum absolute atomic E-state index is 0.565. The Labute approximate surface area is 106 Å². The minimum atomic E-state index is -1.09. The van der Waals surface area contributed by atoms with E-state index < -0.39 is 11.2 Å². The number of rotatable bonds is 5. The summed E-state index contributed by atoms with van der Waals surface area (Å²) in [5.41, 5.74) is 0.579. The van der Waals surface area contributed by atoms with Crippen LogP contribution in [-0.4, -0.2) is 46.0 Å². The Morgan fingerprint density at radius 1 is 1.53 bits per heavy atom. The van der Waals surface area contributed by atoms with Crippen molar-refractivity contribution in [3.05, 3.63) is 6.33 Å². The molecule has 2 rings (SSSR count). The number of hydrogen-bond donors (Lipinski definition) is 1. The molecule has 1 N–H and O–H groups in total. The maximum absolute atomic E-state index is 11.4. The molecule has 0 radical (unpaired) electrons. The maximum atomic E-state index is 11.4. The molecule has 0 spiro atoms. The van der Waals surface area contributed by atoms with Gasteiger partial charge in [0.2, 0.25) is 0 Å². The second-order valence-electron chi connectivity index (χ2n) is 3.23. The number of fused-ring (bicyclic) bond motifs is 1. The molecule has 6 nitrogen and oxygen atoms in total. The monoisotopic (exact) mass is 272 g/mol. The van der Waals surface area contributed by atoms with Crippen LogP contribution in [0.5, 0.6) is 0 Å². The van der Waals surface area contributed by atoms with Gasteiger partial charge in [-0.05, 0) is 0 Å². The van der Waals surface area contributed by atoms with Crippen molar-refractivity contribution < 1.29 is 9.29 Å². The highest BCUT2D eigenvalue weighted by atomic mass is 32.2. The van der Waals surface area contributed by atoms with E-state index >= 15 is 0 Å². The van der Waals surface area contributed by atoms with Crippen LogP contribution in [0.3, 0.4) is 0 Å². The predicted octanol–water partition coefficient (Wildman–Crippen LogP) is 0.882. The van der Waals surface area contributed by atoms with Gasteiger partial charge < -0.3 is 14.6 Å². The van der Waals surface area contributed by atoms with Gasteiger partial charge in [-0.3, -0.25) is 0 Å². The van der Waals surface area contributed by atoms with Crippen molar-refractivity contribution in [3.8, 4) is 0 Å². The fourth-order valence-corrected chi connectivity index (χ4v) is 2.91. The molecule has 0 fully saturated rings. The van der Waals surface area contributed by atoms with Crippen LogP contribution in [0.25, 0.3) is 10.3 Å².